The molecule has 1 heterocycles. The number of amides is 1. The highest BCUT2D eigenvalue weighted by molar-refractivity contribution is 6.18. The molecule has 0 radical (unpaired) electrons. The van der Waals surface area contributed by atoms with Gasteiger partial charge in [-0.15, -0.1) is 11.6 Å². The van der Waals surface area contributed by atoms with E-state index in [-0.39, 0.29) is 5.91 Å². The van der Waals surface area contributed by atoms with E-state index in [0.717, 1.165) is 23.7 Å². The molecule has 0 spiro atoms. The predicted molar refractivity (Wildman–Crippen MR) is 83.2 cm³/mol. The molecular weight excluding hydrogens is 272 g/mol. The molecule has 0 bridgehead atoms. The quantitative estimate of drug-likeness (QED) is 0.652. The molecule has 0 saturated carbocycles. The lowest BCUT2D eigenvalue weighted by molar-refractivity contribution is 0.0954. The third kappa shape index (κ3) is 3.70. The van der Waals surface area contributed by atoms with Crippen LogP contribution in [0.2, 0.25) is 0 Å². The Labute approximate surface area is 124 Å². The highest BCUT2D eigenvalue weighted by Gasteiger charge is 2.10. The number of carbonyl (C=O) groups excluding carboxylic acids is 1. The highest BCUT2D eigenvalue weighted by atomic mass is 35.5. The number of nitrogens with zero attached hydrogens (tertiary/aromatic N) is 1. The standard InChI is InChI=1S/C16H19ClN2O/c1-12(11-17)5-3-10-19-16(20)14-8-2-6-13-7-4-9-18-15(13)14/h2,4,6-9,12H,3,5,10-11H2,1H3,(H,19,20). The Morgan fingerprint density at radius 2 is 2.15 bits per heavy atom. The molecule has 0 aliphatic rings. The molecule has 1 aromatic carbocycles. The Hall–Kier alpha value is -1.61. The normalized spacial score (nSPS) is 12.3. The zero-order valence-electron chi connectivity index (χ0n) is 11.6. The second-order valence-electron chi connectivity index (χ2n) is 5.04. The van der Waals surface area contributed by atoms with Gasteiger partial charge >= 0.3 is 0 Å². The number of fused-ring (bicyclic) bond motifs is 1. The summed E-state index contributed by atoms with van der Waals surface area (Å²) >= 11 is 5.76. The Morgan fingerprint density at radius 1 is 1.35 bits per heavy atom. The fraction of sp³-hybridized carbons (Fsp3) is 0.375. The summed E-state index contributed by atoms with van der Waals surface area (Å²) in [7, 11) is 0. The maximum Gasteiger partial charge on any atom is 0.253 e. The monoisotopic (exact) mass is 290 g/mol. The van der Waals surface area contributed by atoms with Crippen LogP contribution in [0.1, 0.15) is 30.1 Å². The molecule has 106 valence electrons. The van der Waals surface area contributed by atoms with Crippen LogP contribution in [0.15, 0.2) is 36.5 Å². The number of aromatic nitrogens is 1. The molecule has 20 heavy (non-hydrogen) atoms. The van der Waals surface area contributed by atoms with Crippen molar-refractivity contribution < 1.29 is 4.79 Å². The molecule has 0 fully saturated rings. The summed E-state index contributed by atoms with van der Waals surface area (Å²) in [5.74, 6) is 1.10. The maximum absolute atomic E-state index is 12.2. The van der Waals surface area contributed by atoms with E-state index in [1.54, 1.807) is 6.20 Å². The molecule has 1 amide bonds. The number of alkyl halides is 1. The maximum atomic E-state index is 12.2. The zero-order chi connectivity index (χ0) is 14.4. The summed E-state index contributed by atoms with van der Waals surface area (Å²) < 4.78 is 0. The van der Waals surface area contributed by atoms with Crippen molar-refractivity contribution >= 4 is 28.4 Å². The molecule has 1 N–H and O–H groups in total. The number of nitrogens with one attached hydrogen (secondary N) is 1. The van der Waals surface area contributed by atoms with E-state index in [4.69, 9.17) is 11.6 Å². The first-order valence-corrected chi connectivity index (χ1v) is 7.43. The van der Waals surface area contributed by atoms with Gasteiger partial charge in [0.25, 0.3) is 5.91 Å². The molecule has 0 saturated heterocycles. The number of rotatable bonds is 6. The lowest BCUT2D eigenvalue weighted by atomic mass is 10.1. The van der Waals surface area contributed by atoms with Crippen LogP contribution in [0, 0.1) is 5.92 Å². The lowest BCUT2D eigenvalue weighted by Crippen LogP contribution is -2.25. The van der Waals surface area contributed by atoms with E-state index in [1.807, 2.05) is 30.3 Å². The molecular formula is C16H19ClN2O. The van der Waals surface area contributed by atoms with Gasteiger partial charge in [0.1, 0.15) is 0 Å². The van der Waals surface area contributed by atoms with Gasteiger partial charge in [0.15, 0.2) is 0 Å². The van der Waals surface area contributed by atoms with E-state index < -0.39 is 0 Å². The van der Waals surface area contributed by atoms with Gasteiger partial charge in [-0.3, -0.25) is 9.78 Å². The number of halogens is 1. The summed E-state index contributed by atoms with van der Waals surface area (Å²) in [6, 6.07) is 9.49. The minimum absolute atomic E-state index is 0.0622. The number of pyridine rings is 1. The van der Waals surface area contributed by atoms with Crippen molar-refractivity contribution in [1.82, 2.24) is 10.3 Å². The Kier molecular flexibility index (Phi) is 5.36. The average Bonchev–Trinajstić information content (AvgIpc) is 2.50. The van der Waals surface area contributed by atoms with Crippen molar-refractivity contribution in [3.8, 4) is 0 Å². The van der Waals surface area contributed by atoms with Crippen molar-refractivity contribution in [2.75, 3.05) is 12.4 Å². The Morgan fingerprint density at radius 3 is 2.95 bits per heavy atom. The highest BCUT2D eigenvalue weighted by Crippen LogP contribution is 2.15. The zero-order valence-corrected chi connectivity index (χ0v) is 12.4. The minimum Gasteiger partial charge on any atom is -0.352 e. The van der Waals surface area contributed by atoms with E-state index >= 15 is 0 Å². The summed E-state index contributed by atoms with van der Waals surface area (Å²) in [5.41, 5.74) is 1.38. The smallest absolute Gasteiger partial charge is 0.253 e. The number of carbonyl (C=O) groups is 1. The third-order valence-corrected chi connectivity index (χ3v) is 3.83. The molecule has 2 rings (SSSR count). The van der Waals surface area contributed by atoms with Crippen molar-refractivity contribution in [1.29, 1.82) is 0 Å². The summed E-state index contributed by atoms with van der Waals surface area (Å²) in [6.45, 7) is 2.78. The molecule has 1 unspecified atom stereocenters. The first-order valence-electron chi connectivity index (χ1n) is 6.90. The lowest BCUT2D eigenvalue weighted by Gasteiger charge is -2.09. The number of para-hydroxylation sites is 1. The molecule has 0 aliphatic heterocycles. The van der Waals surface area contributed by atoms with Crippen LogP contribution in [0.25, 0.3) is 10.9 Å². The minimum atomic E-state index is -0.0622. The summed E-state index contributed by atoms with van der Waals surface area (Å²) in [4.78, 5) is 16.5. The average molecular weight is 291 g/mol. The fourth-order valence-electron chi connectivity index (χ4n) is 2.11. The topological polar surface area (TPSA) is 42.0 Å². The SMILES string of the molecule is CC(CCl)CCCNC(=O)c1cccc2cccnc12. The van der Waals surface area contributed by atoms with Crippen molar-refractivity contribution in [3.63, 3.8) is 0 Å². The van der Waals surface area contributed by atoms with E-state index in [2.05, 4.69) is 17.2 Å². The first kappa shape index (κ1) is 14.8. The molecule has 3 nitrogen and oxygen atoms in total. The van der Waals surface area contributed by atoms with Crippen molar-refractivity contribution in [2.24, 2.45) is 5.92 Å². The van der Waals surface area contributed by atoms with Crippen LogP contribution >= 0.6 is 11.6 Å². The van der Waals surface area contributed by atoms with Gasteiger partial charge in [-0.05, 0) is 30.9 Å². The van der Waals surface area contributed by atoms with Gasteiger partial charge in [-0.2, -0.15) is 0 Å². The number of benzene rings is 1. The summed E-state index contributed by atoms with van der Waals surface area (Å²) in [6.07, 6.45) is 3.68. The first-order chi connectivity index (χ1) is 9.72. The van der Waals surface area contributed by atoms with Crippen molar-refractivity contribution in [2.45, 2.75) is 19.8 Å². The Bertz CT molecular complexity index is 580. The van der Waals surface area contributed by atoms with Gasteiger partial charge in [0.05, 0.1) is 11.1 Å². The molecule has 1 aromatic heterocycles. The molecule has 4 heteroatoms. The van der Waals surface area contributed by atoms with Gasteiger partial charge in [0, 0.05) is 24.0 Å². The van der Waals surface area contributed by atoms with Gasteiger partial charge in [-0.1, -0.05) is 25.1 Å². The van der Waals surface area contributed by atoms with Crippen LogP contribution in [0.4, 0.5) is 0 Å². The van der Waals surface area contributed by atoms with Gasteiger partial charge < -0.3 is 5.32 Å². The van der Waals surface area contributed by atoms with Crippen LogP contribution < -0.4 is 5.32 Å². The molecule has 0 aliphatic carbocycles. The van der Waals surface area contributed by atoms with E-state index in [9.17, 15) is 4.79 Å². The van der Waals surface area contributed by atoms with Crippen LogP contribution in [-0.4, -0.2) is 23.3 Å². The molecule has 2 aromatic rings. The van der Waals surface area contributed by atoms with Crippen LogP contribution in [0.3, 0.4) is 0 Å². The summed E-state index contributed by atoms with van der Waals surface area (Å²) in [5, 5.41) is 3.93. The fourth-order valence-corrected chi connectivity index (χ4v) is 2.27. The van der Waals surface area contributed by atoms with E-state index in [0.29, 0.717) is 23.9 Å². The number of hydrogen-bond donors (Lipinski definition) is 1. The Balaban J connectivity index is 1.98. The molecule has 1 atom stereocenters. The van der Waals surface area contributed by atoms with Gasteiger partial charge in [0.2, 0.25) is 0 Å². The van der Waals surface area contributed by atoms with Crippen molar-refractivity contribution in [3.05, 3.63) is 42.1 Å². The van der Waals surface area contributed by atoms with Crippen LogP contribution in [0.5, 0.6) is 0 Å². The van der Waals surface area contributed by atoms with Crippen LogP contribution in [-0.2, 0) is 0 Å². The predicted octanol–water partition coefficient (Wildman–Crippen LogP) is 3.62. The van der Waals surface area contributed by atoms with E-state index in [1.165, 1.54) is 0 Å². The second-order valence-corrected chi connectivity index (χ2v) is 5.35. The van der Waals surface area contributed by atoms with Gasteiger partial charge in [-0.25, -0.2) is 0 Å². The third-order valence-electron chi connectivity index (χ3n) is 3.30. The second kappa shape index (κ2) is 7.25. The largest absolute Gasteiger partial charge is 0.352 e. The number of hydrogen-bond acceptors (Lipinski definition) is 2.